The molecule has 3 heterocycles. The zero-order valence-corrected chi connectivity index (χ0v) is 32.2. The van der Waals surface area contributed by atoms with Crippen LogP contribution in [0.1, 0.15) is 0 Å². The second kappa shape index (κ2) is 16.1. The van der Waals surface area contributed by atoms with E-state index in [0.717, 1.165) is 50.8 Å². The predicted molar refractivity (Wildman–Crippen MR) is 219 cm³/mol. The van der Waals surface area contributed by atoms with E-state index < -0.39 is 0 Å². The summed E-state index contributed by atoms with van der Waals surface area (Å²) in [4.78, 5) is 0. The molecule has 0 aliphatic carbocycles. The van der Waals surface area contributed by atoms with Gasteiger partial charge in [-0.05, 0) is 0 Å². The van der Waals surface area contributed by atoms with Gasteiger partial charge in [-0.2, -0.15) is 0 Å². The SMILES string of the molecule is c1ccc(-c2n[n+](-c3ccccc3)c[n+](-c3ccc(-[n+]4c[n+](-c5ccc(-[n+]6c[n+](-c7ccccc7)nc(-c7ccccc7)n6)cc5)nc(-c5ccccc5)n4)cc3)n2)cc1. The molecule has 282 valence electrons. The van der Waals surface area contributed by atoms with Crippen molar-refractivity contribution in [3.05, 3.63) is 219 Å². The standard InChI is InChI=1S/C48H36N12/c1-6-16-37(17-7-1)46-49-55(40-22-12-4-13-23-40)34-57(51-46)42-26-30-44(31-27-42)59-36-60(54-48(53-59)39-20-10-3-11-21-39)45-32-28-43(29-33-45)58-35-56(41-24-14-5-15-25-41)50-47(52-58)38-18-8-2-9-19-38/h1-36H/q+6. The van der Waals surface area contributed by atoms with Gasteiger partial charge in [0.15, 0.2) is 0 Å². The molecule has 10 aromatic rings. The highest BCUT2D eigenvalue weighted by molar-refractivity contribution is 5.54. The minimum absolute atomic E-state index is 0.564. The Kier molecular flexibility index (Phi) is 9.58. The predicted octanol–water partition coefficient (Wildman–Crippen LogP) is 4.72. The fourth-order valence-corrected chi connectivity index (χ4v) is 6.67. The Morgan fingerprint density at radius 3 is 0.600 bits per heavy atom. The monoisotopic (exact) mass is 780 g/mol. The summed E-state index contributed by atoms with van der Waals surface area (Å²) in [6.07, 6.45) is 5.63. The van der Waals surface area contributed by atoms with Gasteiger partial charge in [0, 0.05) is 148 Å². The van der Waals surface area contributed by atoms with Gasteiger partial charge in [0.1, 0.15) is 0 Å². The van der Waals surface area contributed by atoms with Crippen molar-refractivity contribution in [2.75, 3.05) is 0 Å². The molecule has 60 heavy (non-hydrogen) atoms. The summed E-state index contributed by atoms with van der Waals surface area (Å²) in [6.45, 7) is 0. The number of benzene rings is 7. The Hall–Kier alpha value is -8.64. The Labute approximate surface area is 345 Å². The van der Waals surface area contributed by atoms with E-state index in [1.54, 1.807) is 0 Å². The zero-order valence-electron chi connectivity index (χ0n) is 32.2. The van der Waals surface area contributed by atoms with Crippen LogP contribution in [0.2, 0.25) is 0 Å². The maximum Gasteiger partial charge on any atom is 0.469 e. The summed E-state index contributed by atoms with van der Waals surface area (Å²) < 4.78 is 11.0. The van der Waals surface area contributed by atoms with E-state index in [9.17, 15) is 0 Å². The summed E-state index contributed by atoms with van der Waals surface area (Å²) in [5.41, 5.74) is 7.96. The summed E-state index contributed by atoms with van der Waals surface area (Å²) in [5, 5.41) is 29.5. The summed E-state index contributed by atoms with van der Waals surface area (Å²) >= 11 is 0. The highest BCUT2D eigenvalue weighted by Gasteiger charge is 2.28. The highest BCUT2D eigenvalue weighted by atomic mass is 15.4. The lowest BCUT2D eigenvalue weighted by molar-refractivity contribution is -0.799. The molecule has 0 aliphatic heterocycles. The lowest BCUT2D eigenvalue weighted by Gasteiger charge is -2.00. The zero-order chi connectivity index (χ0) is 40.1. The number of hydrogen-bond donors (Lipinski definition) is 0. The van der Waals surface area contributed by atoms with E-state index in [1.807, 2.05) is 247 Å². The van der Waals surface area contributed by atoms with Gasteiger partial charge < -0.3 is 0 Å². The first-order chi connectivity index (χ1) is 29.7. The lowest BCUT2D eigenvalue weighted by atomic mass is 10.2. The van der Waals surface area contributed by atoms with E-state index in [-0.39, 0.29) is 0 Å². The topological polar surface area (TPSA) is 101 Å². The Balaban J connectivity index is 1.01. The molecule has 0 amide bonds. The third kappa shape index (κ3) is 7.59. The number of nitrogens with zero attached hydrogens (tertiary/aromatic N) is 12. The Morgan fingerprint density at radius 2 is 0.383 bits per heavy atom. The van der Waals surface area contributed by atoms with Crippen LogP contribution < -0.4 is 28.1 Å². The number of hydrogen-bond acceptors (Lipinski definition) is 6. The molecule has 0 N–H and O–H groups in total. The fourth-order valence-electron chi connectivity index (χ4n) is 6.67. The third-order valence-corrected chi connectivity index (χ3v) is 9.77. The van der Waals surface area contributed by atoms with Crippen molar-refractivity contribution in [1.82, 2.24) is 30.6 Å². The molecule has 0 fully saturated rings. The smallest absolute Gasteiger partial charge is 0.0622 e. The minimum atomic E-state index is 0.564. The molecule has 0 saturated carbocycles. The third-order valence-electron chi connectivity index (χ3n) is 9.77. The van der Waals surface area contributed by atoms with Gasteiger partial charge in [-0.15, -0.1) is 0 Å². The molecule has 0 radical (unpaired) electrons. The molecular weight excluding hydrogens is 745 g/mol. The molecule has 0 atom stereocenters. The average Bonchev–Trinajstić information content (AvgIpc) is 3.35. The van der Waals surface area contributed by atoms with Crippen LogP contribution in [0.25, 0.3) is 68.3 Å². The quantitative estimate of drug-likeness (QED) is 0.197. The highest BCUT2D eigenvalue weighted by Crippen LogP contribution is 2.15. The van der Waals surface area contributed by atoms with Gasteiger partial charge in [-0.3, -0.25) is 0 Å². The fraction of sp³-hybridized carbons (Fsp3) is 0. The van der Waals surface area contributed by atoms with E-state index in [0.29, 0.717) is 17.5 Å². The first-order valence-corrected chi connectivity index (χ1v) is 19.4. The molecular formula is C48H36N12+6. The molecule has 3 aromatic heterocycles. The van der Waals surface area contributed by atoms with Crippen LogP contribution in [-0.2, 0) is 0 Å². The average molecular weight is 781 g/mol. The summed E-state index contributed by atoms with van der Waals surface area (Å²) in [7, 11) is 0. The normalized spacial score (nSPS) is 11.0. The van der Waals surface area contributed by atoms with Crippen LogP contribution in [0.15, 0.2) is 219 Å². The second-order valence-corrected chi connectivity index (χ2v) is 13.8. The first kappa shape index (κ1) is 35.8. The van der Waals surface area contributed by atoms with Crippen molar-refractivity contribution in [1.29, 1.82) is 0 Å². The van der Waals surface area contributed by atoms with Crippen molar-refractivity contribution in [2.24, 2.45) is 0 Å². The maximum absolute atomic E-state index is 4.98. The van der Waals surface area contributed by atoms with Crippen molar-refractivity contribution < 1.29 is 28.1 Å². The maximum atomic E-state index is 4.98. The van der Waals surface area contributed by atoms with Crippen LogP contribution in [0, 0.1) is 0 Å². The van der Waals surface area contributed by atoms with E-state index in [1.165, 1.54) is 0 Å². The molecule has 10 rings (SSSR count). The molecule has 0 unspecified atom stereocenters. The van der Waals surface area contributed by atoms with E-state index in [2.05, 4.69) is 0 Å². The van der Waals surface area contributed by atoms with Gasteiger partial charge in [0.05, 0.1) is 0 Å². The van der Waals surface area contributed by atoms with Gasteiger partial charge in [0.25, 0.3) is 17.5 Å². The second-order valence-electron chi connectivity index (χ2n) is 13.8. The Bertz CT molecular complexity index is 2740. The van der Waals surface area contributed by atoms with Crippen LogP contribution in [0.5, 0.6) is 0 Å². The lowest BCUT2D eigenvalue weighted by Crippen LogP contribution is -2.51. The molecule has 0 bridgehead atoms. The number of para-hydroxylation sites is 2. The summed E-state index contributed by atoms with van der Waals surface area (Å²) in [5.74, 6) is 1.76. The molecule has 0 spiro atoms. The van der Waals surface area contributed by atoms with Gasteiger partial charge in [-0.25, -0.2) is 0 Å². The van der Waals surface area contributed by atoms with E-state index >= 15 is 0 Å². The van der Waals surface area contributed by atoms with Crippen molar-refractivity contribution in [2.45, 2.75) is 0 Å². The molecule has 7 aromatic carbocycles. The number of rotatable bonds is 9. The van der Waals surface area contributed by atoms with E-state index in [4.69, 9.17) is 30.6 Å². The molecule has 12 nitrogen and oxygen atoms in total. The van der Waals surface area contributed by atoms with Crippen molar-refractivity contribution in [3.8, 4) is 68.3 Å². The first-order valence-electron chi connectivity index (χ1n) is 19.4. The minimum Gasteiger partial charge on any atom is -0.0622 e. The molecule has 12 heteroatoms. The molecule has 0 aliphatic rings. The van der Waals surface area contributed by atoms with Gasteiger partial charge in [0.2, 0.25) is 34.1 Å². The molecule has 0 saturated heterocycles. The van der Waals surface area contributed by atoms with Crippen LogP contribution in [-0.4, -0.2) is 30.6 Å². The van der Waals surface area contributed by atoms with Crippen molar-refractivity contribution in [3.63, 3.8) is 0 Å². The van der Waals surface area contributed by atoms with Crippen LogP contribution in [0.4, 0.5) is 0 Å². The van der Waals surface area contributed by atoms with Gasteiger partial charge >= 0.3 is 19.0 Å². The van der Waals surface area contributed by atoms with Gasteiger partial charge in [-0.1, -0.05) is 127 Å². The largest absolute Gasteiger partial charge is 0.469 e. The summed E-state index contributed by atoms with van der Waals surface area (Å²) in [6, 6.07) is 66.1. The van der Waals surface area contributed by atoms with Crippen LogP contribution in [0.3, 0.4) is 0 Å². The Morgan fingerprint density at radius 1 is 0.200 bits per heavy atom. The van der Waals surface area contributed by atoms with Crippen LogP contribution >= 0.6 is 0 Å². The van der Waals surface area contributed by atoms with Crippen molar-refractivity contribution >= 4 is 0 Å². The number of aromatic nitrogens is 12.